The number of nitrogens with one attached hydrogen (secondary N) is 1. The molecule has 39 heavy (non-hydrogen) atoms. The van der Waals surface area contributed by atoms with E-state index in [1.807, 2.05) is 0 Å². The quantitative estimate of drug-likeness (QED) is 0.390. The fourth-order valence-electron chi connectivity index (χ4n) is 5.92. The Hall–Kier alpha value is -2.73. The second-order valence-corrected chi connectivity index (χ2v) is 11.4. The SMILES string of the molecule is C[C@H]1CNC(=O)CC/C=C\CN(c2ccccc2Cl)C(=O)[C@H]2N(CCO)C(=O)[C@@H]3[C@@H](C(=O)O1)[C@@H]1O[C@@]32C=C1Br. The zero-order valence-electron chi connectivity index (χ0n) is 21.2. The van der Waals surface area contributed by atoms with E-state index < -0.39 is 53.5 Å². The molecule has 5 rings (SSSR count). The van der Waals surface area contributed by atoms with Crippen molar-refractivity contribution in [1.29, 1.82) is 0 Å². The summed E-state index contributed by atoms with van der Waals surface area (Å²) in [5.74, 6) is -3.85. The highest BCUT2D eigenvalue weighted by atomic mass is 79.9. The van der Waals surface area contributed by atoms with Gasteiger partial charge in [0.25, 0.3) is 5.91 Å². The Kier molecular flexibility index (Phi) is 7.87. The van der Waals surface area contributed by atoms with Gasteiger partial charge in [0.2, 0.25) is 11.8 Å². The first-order chi connectivity index (χ1) is 18.7. The van der Waals surface area contributed by atoms with E-state index in [4.69, 9.17) is 21.1 Å². The van der Waals surface area contributed by atoms with Crippen LogP contribution in [0.5, 0.6) is 0 Å². The Morgan fingerprint density at radius 1 is 1.18 bits per heavy atom. The summed E-state index contributed by atoms with van der Waals surface area (Å²) in [5.41, 5.74) is -1.02. The number of amides is 3. The number of ether oxygens (including phenoxy) is 2. The van der Waals surface area contributed by atoms with Gasteiger partial charge in [0.05, 0.1) is 29.8 Å². The summed E-state index contributed by atoms with van der Waals surface area (Å²) in [6.45, 7) is 1.38. The molecule has 2 saturated heterocycles. The summed E-state index contributed by atoms with van der Waals surface area (Å²) < 4.78 is 12.6. The second-order valence-electron chi connectivity index (χ2n) is 10.0. The van der Waals surface area contributed by atoms with Crippen LogP contribution in [-0.4, -0.2) is 83.8 Å². The lowest BCUT2D eigenvalue weighted by Crippen LogP contribution is -2.56. The monoisotopic (exact) mass is 621 g/mol. The molecule has 6 atom stereocenters. The van der Waals surface area contributed by atoms with Gasteiger partial charge in [-0.05, 0) is 31.6 Å². The maximum absolute atomic E-state index is 14.5. The zero-order chi connectivity index (χ0) is 27.9. The largest absolute Gasteiger partial charge is 0.460 e. The summed E-state index contributed by atoms with van der Waals surface area (Å²) >= 11 is 9.99. The number of fused-ring (bicyclic) bond motifs is 2. The Balaban J connectivity index is 1.62. The van der Waals surface area contributed by atoms with Crippen LogP contribution in [0.4, 0.5) is 5.69 Å². The molecule has 0 aliphatic carbocycles. The Morgan fingerprint density at radius 3 is 2.69 bits per heavy atom. The lowest BCUT2D eigenvalue weighted by atomic mass is 9.74. The molecule has 10 nitrogen and oxygen atoms in total. The van der Waals surface area contributed by atoms with E-state index in [9.17, 15) is 24.3 Å². The number of likely N-dealkylation sites (tertiary alicyclic amines) is 1. The van der Waals surface area contributed by atoms with Crippen LogP contribution in [0.15, 0.2) is 47.0 Å². The third-order valence-electron chi connectivity index (χ3n) is 7.58. The minimum Gasteiger partial charge on any atom is -0.460 e. The number of carbonyl (C=O) groups is 4. The number of β-amino-alcohol motifs (C(OH)–C–C–N with tert-alkyl or cyclic N) is 1. The summed E-state index contributed by atoms with van der Waals surface area (Å²) in [7, 11) is 0. The summed E-state index contributed by atoms with van der Waals surface area (Å²) in [5, 5.41) is 12.9. The Bertz CT molecular complexity index is 1260. The van der Waals surface area contributed by atoms with Gasteiger partial charge >= 0.3 is 5.97 Å². The van der Waals surface area contributed by atoms with Crippen LogP contribution in [-0.2, 0) is 28.7 Å². The van der Waals surface area contributed by atoms with E-state index in [1.54, 1.807) is 49.4 Å². The van der Waals surface area contributed by atoms with Crippen LogP contribution in [0.1, 0.15) is 19.8 Å². The number of nitrogens with zero attached hydrogens (tertiary/aromatic N) is 2. The van der Waals surface area contributed by atoms with Gasteiger partial charge in [0.15, 0.2) is 0 Å². The van der Waals surface area contributed by atoms with Gasteiger partial charge in [-0.1, -0.05) is 51.8 Å². The number of esters is 1. The molecule has 0 saturated carbocycles. The van der Waals surface area contributed by atoms with Gasteiger partial charge < -0.3 is 29.7 Å². The molecule has 1 aromatic carbocycles. The molecule has 12 heteroatoms. The fourth-order valence-corrected chi connectivity index (χ4v) is 6.89. The summed E-state index contributed by atoms with van der Waals surface area (Å²) in [6, 6.07) is 5.69. The van der Waals surface area contributed by atoms with E-state index in [0.717, 1.165) is 0 Å². The second kappa shape index (κ2) is 11.0. The first-order valence-corrected chi connectivity index (χ1v) is 14.0. The number of rotatable bonds is 3. The van der Waals surface area contributed by atoms with Crippen LogP contribution in [0, 0.1) is 11.8 Å². The maximum Gasteiger partial charge on any atom is 0.313 e. The average molecular weight is 623 g/mol. The van der Waals surface area contributed by atoms with Crippen LogP contribution < -0.4 is 10.2 Å². The third-order valence-corrected chi connectivity index (χ3v) is 8.58. The number of halogens is 2. The number of benzene rings is 1. The number of aliphatic hydroxyl groups is 1. The molecule has 1 spiro atoms. The molecule has 1 aromatic rings. The Morgan fingerprint density at radius 2 is 1.95 bits per heavy atom. The van der Waals surface area contributed by atoms with Gasteiger partial charge in [-0.3, -0.25) is 19.2 Å². The van der Waals surface area contributed by atoms with Crippen LogP contribution in [0.2, 0.25) is 5.02 Å². The summed E-state index contributed by atoms with van der Waals surface area (Å²) in [4.78, 5) is 56.8. The van der Waals surface area contributed by atoms with Crippen molar-refractivity contribution in [3.8, 4) is 0 Å². The van der Waals surface area contributed by atoms with Crippen molar-refractivity contribution in [3.05, 3.63) is 52.0 Å². The molecule has 0 radical (unpaired) electrons. The highest BCUT2D eigenvalue weighted by molar-refractivity contribution is 9.11. The molecule has 4 heterocycles. The smallest absolute Gasteiger partial charge is 0.313 e. The van der Waals surface area contributed by atoms with E-state index in [2.05, 4.69) is 21.2 Å². The molecular weight excluding hydrogens is 594 g/mol. The number of anilines is 1. The van der Waals surface area contributed by atoms with Gasteiger partial charge in [-0.2, -0.15) is 0 Å². The molecule has 5 bridgehead atoms. The molecule has 208 valence electrons. The van der Waals surface area contributed by atoms with E-state index in [-0.39, 0.29) is 38.6 Å². The molecule has 4 aliphatic rings. The molecule has 2 fully saturated rings. The molecule has 0 aromatic heterocycles. The number of allylic oxidation sites excluding steroid dienone is 1. The van der Waals surface area contributed by atoms with Gasteiger partial charge in [0.1, 0.15) is 29.8 Å². The summed E-state index contributed by atoms with van der Waals surface area (Å²) in [6.07, 6.45) is 4.45. The highest BCUT2D eigenvalue weighted by Gasteiger charge is 2.75. The van der Waals surface area contributed by atoms with Crippen molar-refractivity contribution in [2.75, 3.05) is 31.1 Å². The number of carbonyl (C=O) groups excluding carboxylic acids is 4. The van der Waals surface area contributed by atoms with Crippen molar-refractivity contribution in [3.63, 3.8) is 0 Å². The third kappa shape index (κ3) is 4.79. The van der Waals surface area contributed by atoms with E-state index in [0.29, 0.717) is 21.6 Å². The predicted octanol–water partition coefficient (Wildman–Crippen LogP) is 1.94. The first-order valence-electron chi connectivity index (χ1n) is 12.8. The van der Waals surface area contributed by atoms with Crippen LogP contribution in [0.25, 0.3) is 0 Å². The van der Waals surface area contributed by atoms with Gasteiger partial charge in [-0.25, -0.2) is 0 Å². The number of hydrogen-bond donors (Lipinski definition) is 2. The molecular formula is C27H29BrClN3O7. The number of cyclic esters (lactones) is 1. The normalized spacial score (nSPS) is 34.1. The zero-order valence-corrected chi connectivity index (χ0v) is 23.6. The first kappa shape index (κ1) is 27.8. The van der Waals surface area contributed by atoms with Crippen molar-refractivity contribution in [1.82, 2.24) is 10.2 Å². The predicted molar refractivity (Wildman–Crippen MR) is 145 cm³/mol. The van der Waals surface area contributed by atoms with Crippen molar-refractivity contribution in [2.45, 2.75) is 43.6 Å². The molecule has 2 N–H and O–H groups in total. The number of aliphatic hydroxyl groups excluding tert-OH is 1. The number of para-hydroxylation sites is 1. The molecule has 0 unspecified atom stereocenters. The highest BCUT2D eigenvalue weighted by Crippen LogP contribution is 2.59. The molecule has 4 aliphatic heterocycles. The van der Waals surface area contributed by atoms with Crippen molar-refractivity contribution >= 4 is 56.9 Å². The minimum atomic E-state index is -1.45. The van der Waals surface area contributed by atoms with Crippen LogP contribution >= 0.6 is 27.5 Å². The van der Waals surface area contributed by atoms with Gasteiger partial charge in [-0.15, -0.1) is 0 Å². The molecule has 3 amide bonds. The standard InChI is InChI=1S/C27H29BrClN3O7/c1-15-14-30-19(34)9-3-2-6-10-31(18-8-5-4-7-17(18)29)25(36)23-27-13-16(28)22(39-27)20(26(37)38-15)21(27)24(35)32(23)11-12-33/h2,4-8,13,15,20-23,33H,3,9-12,14H2,1H3,(H,30,34)/b6-2-/t15-,20+,21-,22+,23+,27-/m0/s1. The van der Waals surface area contributed by atoms with Crippen molar-refractivity contribution < 1.29 is 33.8 Å². The van der Waals surface area contributed by atoms with Crippen LogP contribution in [0.3, 0.4) is 0 Å². The lowest BCUT2D eigenvalue weighted by molar-refractivity contribution is -0.158. The lowest BCUT2D eigenvalue weighted by Gasteiger charge is -2.35. The van der Waals surface area contributed by atoms with Crippen molar-refractivity contribution in [2.24, 2.45) is 11.8 Å². The van der Waals surface area contributed by atoms with Gasteiger partial charge in [0, 0.05) is 24.0 Å². The maximum atomic E-state index is 14.5. The van der Waals surface area contributed by atoms with E-state index >= 15 is 0 Å². The Labute approximate surface area is 239 Å². The minimum absolute atomic E-state index is 0.111. The fraction of sp³-hybridized carbons (Fsp3) is 0.481. The topological polar surface area (TPSA) is 125 Å². The average Bonchev–Trinajstić information content (AvgIpc) is 3.48. The van der Waals surface area contributed by atoms with E-state index in [1.165, 1.54) is 9.80 Å². The number of hydrogen-bond acceptors (Lipinski definition) is 7.